The molecule has 0 saturated carbocycles. The number of nitro groups is 1. The third-order valence-corrected chi connectivity index (χ3v) is 6.75. The Kier molecular flexibility index (Phi) is 5.94. The molecule has 0 bridgehead atoms. The van der Waals surface area contributed by atoms with Crippen LogP contribution in [-0.4, -0.2) is 36.6 Å². The van der Waals surface area contributed by atoms with E-state index >= 15 is 0 Å². The average molecular weight is 421 g/mol. The minimum atomic E-state index is -3.59. The molecule has 2 aromatic rings. The van der Waals surface area contributed by atoms with Gasteiger partial charge >= 0.3 is 0 Å². The molecule has 1 aliphatic heterocycles. The molecule has 2 aromatic carbocycles. The number of sulfonamides is 1. The van der Waals surface area contributed by atoms with Crippen LogP contribution in [0.4, 0.5) is 15.8 Å². The molecule has 0 radical (unpaired) electrons. The molecule has 1 N–H and O–H groups in total. The van der Waals surface area contributed by atoms with Crippen molar-refractivity contribution in [3.8, 4) is 0 Å². The quantitative estimate of drug-likeness (QED) is 0.587. The summed E-state index contributed by atoms with van der Waals surface area (Å²) in [6.07, 6.45) is 2.66. The van der Waals surface area contributed by atoms with Crippen molar-refractivity contribution in [3.63, 3.8) is 0 Å². The van der Waals surface area contributed by atoms with E-state index in [2.05, 4.69) is 5.32 Å². The maximum atomic E-state index is 13.9. The number of nitrogens with one attached hydrogen (secondary N) is 1. The Bertz CT molecular complexity index is 1050. The largest absolute Gasteiger partial charge is 0.322 e. The van der Waals surface area contributed by atoms with Gasteiger partial charge in [-0.2, -0.15) is 4.31 Å². The highest BCUT2D eigenvalue weighted by molar-refractivity contribution is 7.89. The summed E-state index contributed by atoms with van der Waals surface area (Å²) in [6.45, 7) is 2.23. The van der Waals surface area contributed by atoms with Crippen LogP contribution in [0.25, 0.3) is 0 Å². The van der Waals surface area contributed by atoms with Crippen molar-refractivity contribution in [2.45, 2.75) is 31.1 Å². The summed E-state index contributed by atoms with van der Waals surface area (Å²) in [5.74, 6) is -1.59. The summed E-state index contributed by atoms with van der Waals surface area (Å²) >= 11 is 0. The molecule has 0 spiro atoms. The first kappa shape index (κ1) is 20.9. The summed E-state index contributed by atoms with van der Waals surface area (Å²) in [4.78, 5) is 22.7. The third-order valence-electron chi connectivity index (χ3n) is 4.84. The molecule has 1 heterocycles. The molecule has 1 fully saturated rings. The lowest BCUT2D eigenvalue weighted by Gasteiger charge is -2.25. The number of hydrogen-bond acceptors (Lipinski definition) is 5. The van der Waals surface area contributed by atoms with Crippen LogP contribution in [-0.2, 0) is 10.0 Å². The molecule has 1 aliphatic rings. The van der Waals surface area contributed by atoms with Crippen LogP contribution in [0.5, 0.6) is 0 Å². The van der Waals surface area contributed by atoms with Gasteiger partial charge in [0.05, 0.1) is 15.4 Å². The van der Waals surface area contributed by atoms with E-state index in [1.807, 2.05) is 0 Å². The molecule has 3 rings (SSSR count). The molecular weight excluding hydrogens is 401 g/mol. The number of nitro benzene ring substituents is 1. The van der Waals surface area contributed by atoms with Gasteiger partial charge in [-0.05, 0) is 50.1 Å². The van der Waals surface area contributed by atoms with Gasteiger partial charge < -0.3 is 5.32 Å². The van der Waals surface area contributed by atoms with Crippen molar-refractivity contribution in [1.29, 1.82) is 0 Å². The lowest BCUT2D eigenvalue weighted by atomic mass is 10.1. The number of carbonyl (C=O) groups excluding carboxylic acids is 1. The number of benzene rings is 2. The predicted octanol–water partition coefficient (Wildman–Crippen LogP) is 3.47. The fourth-order valence-corrected chi connectivity index (χ4v) is 4.67. The Morgan fingerprint density at radius 3 is 2.34 bits per heavy atom. The van der Waals surface area contributed by atoms with Gasteiger partial charge in [-0.15, -0.1) is 0 Å². The topological polar surface area (TPSA) is 110 Å². The first-order valence-electron chi connectivity index (χ1n) is 9.06. The Balaban J connectivity index is 1.78. The second-order valence-corrected chi connectivity index (χ2v) is 8.74. The smallest absolute Gasteiger partial charge is 0.276 e. The molecule has 1 saturated heterocycles. The molecular formula is C19H20FN3O5S. The fraction of sp³-hybridized carbons (Fsp3) is 0.316. The van der Waals surface area contributed by atoms with Crippen LogP contribution >= 0.6 is 0 Å². The predicted molar refractivity (Wildman–Crippen MR) is 105 cm³/mol. The lowest BCUT2D eigenvalue weighted by molar-refractivity contribution is -0.385. The molecule has 0 atom stereocenters. The number of hydrogen-bond donors (Lipinski definition) is 1. The summed E-state index contributed by atoms with van der Waals surface area (Å²) in [6, 6.07) is 7.55. The van der Waals surface area contributed by atoms with Crippen LogP contribution in [0.1, 0.15) is 35.2 Å². The summed E-state index contributed by atoms with van der Waals surface area (Å²) in [7, 11) is -3.59. The zero-order chi connectivity index (χ0) is 21.2. The Morgan fingerprint density at radius 1 is 1.14 bits per heavy atom. The second-order valence-electron chi connectivity index (χ2n) is 6.80. The number of anilines is 1. The van der Waals surface area contributed by atoms with Crippen molar-refractivity contribution in [2.24, 2.45) is 0 Å². The fourth-order valence-electron chi connectivity index (χ4n) is 3.15. The maximum absolute atomic E-state index is 13.9. The van der Waals surface area contributed by atoms with E-state index in [9.17, 15) is 27.7 Å². The van der Waals surface area contributed by atoms with E-state index in [0.717, 1.165) is 31.4 Å². The number of halogens is 1. The normalized spacial score (nSPS) is 15.1. The van der Waals surface area contributed by atoms with Gasteiger partial charge in [0.1, 0.15) is 5.82 Å². The molecule has 0 unspecified atom stereocenters. The van der Waals surface area contributed by atoms with Crippen LogP contribution in [0.15, 0.2) is 41.3 Å². The number of nitrogens with zero attached hydrogens (tertiary/aromatic N) is 2. The molecule has 29 heavy (non-hydrogen) atoms. The number of rotatable bonds is 5. The molecule has 154 valence electrons. The monoisotopic (exact) mass is 421 g/mol. The average Bonchev–Trinajstić information content (AvgIpc) is 2.70. The van der Waals surface area contributed by atoms with Gasteiger partial charge in [0.25, 0.3) is 11.6 Å². The molecule has 0 aromatic heterocycles. The first-order valence-corrected chi connectivity index (χ1v) is 10.5. The molecule has 10 heteroatoms. The minimum Gasteiger partial charge on any atom is -0.322 e. The van der Waals surface area contributed by atoms with Crippen LogP contribution in [0, 0.1) is 22.9 Å². The SMILES string of the molecule is Cc1c(F)cc(C(=O)Nc2ccc(S(=O)(=O)N3CCCCC3)cc2)cc1[N+](=O)[O-]. The molecule has 0 aliphatic carbocycles. The second kappa shape index (κ2) is 8.26. The summed E-state index contributed by atoms with van der Waals surface area (Å²) < 4.78 is 40.6. The third kappa shape index (κ3) is 4.43. The van der Waals surface area contributed by atoms with Crippen molar-refractivity contribution in [2.75, 3.05) is 18.4 Å². The van der Waals surface area contributed by atoms with E-state index in [1.165, 1.54) is 35.5 Å². The van der Waals surface area contributed by atoms with Crippen LogP contribution < -0.4 is 5.32 Å². The minimum absolute atomic E-state index is 0.120. The number of carbonyl (C=O) groups is 1. The van der Waals surface area contributed by atoms with Crippen molar-refractivity contribution < 1.29 is 22.5 Å². The number of piperidine rings is 1. The zero-order valence-electron chi connectivity index (χ0n) is 15.7. The standard InChI is InChI=1S/C19H20FN3O5S/c1-13-17(20)11-14(12-18(13)23(25)26)19(24)21-15-5-7-16(8-6-15)29(27,28)22-9-3-2-4-10-22/h5-8,11-12H,2-4,9-10H2,1H3,(H,21,24). The van der Waals surface area contributed by atoms with Crippen molar-refractivity contribution >= 4 is 27.3 Å². The van der Waals surface area contributed by atoms with E-state index in [4.69, 9.17) is 0 Å². The number of amides is 1. The molecule has 8 nitrogen and oxygen atoms in total. The van der Waals surface area contributed by atoms with Gasteiger partial charge in [0.15, 0.2) is 0 Å². The van der Waals surface area contributed by atoms with Crippen molar-refractivity contribution in [1.82, 2.24) is 4.31 Å². The highest BCUT2D eigenvalue weighted by Crippen LogP contribution is 2.25. The Labute approximate surface area is 167 Å². The van der Waals surface area contributed by atoms with Gasteiger partial charge in [0.2, 0.25) is 10.0 Å². The maximum Gasteiger partial charge on any atom is 0.276 e. The Hall–Kier alpha value is -2.85. The van der Waals surface area contributed by atoms with Gasteiger partial charge in [-0.3, -0.25) is 14.9 Å². The zero-order valence-corrected chi connectivity index (χ0v) is 16.5. The highest BCUT2D eigenvalue weighted by Gasteiger charge is 2.26. The van der Waals surface area contributed by atoms with Crippen LogP contribution in [0.3, 0.4) is 0 Å². The first-order chi connectivity index (χ1) is 13.7. The van der Waals surface area contributed by atoms with E-state index in [0.29, 0.717) is 13.1 Å². The summed E-state index contributed by atoms with van der Waals surface area (Å²) in [5, 5.41) is 13.5. The van der Waals surface area contributed by atoms with E-state index in [-0.39, 0.29) is 21.7 Å². The Morgan fingerprint density at radius 2 is 1.76 bits per heavy atom. The van der Waals surface area contributed by atoms with Crippen molar-refractivity contribution in [3.05, 3.63) is 63.5 Å². The molecule has 1 amide bonds. The summed E-state index contributed by atoms with van der Waals surface area (Å²) in [5.41, 5.74) is -0.557. The van der Waals surface area contributed by atoms with E-state index in [1.54, 1.807) is 0 Å². The van der Waals surface area contributed by atoms with E-state index < -0.39 is 32.4 Å². The van der Waals surface area contributed by atoms with Gasteiger partial charge in [-0.25, -0.2) is 12.8 Å². The highest BCUT2D eigenvalue weighted by atomic mass is 32.2. The van der Waals surface area contributed by atoms with Gasteiger partial charge in [0, 0.05) is 30.4 Å². The van der Waals surface area contributed by atoms with Crippen LogP contribution in [0.2, 0.25) is 0 Å². The lowest BCUT2D eigenvalue weighted by Crippen LogP contribution is -2.35. The van der Waals surface area contributed by atoms with Gasteiger partial charge in [-0.1, -0.05) is 6.42 Å².